The van der Waals surface area contributed by atoms with Crippen molar-refractivity contribution >= 4 is 5.91 Å². The van der Waals surface area contributed by atoms with Crippen molar-refractivity contribution in [3.63, 3.8) is 0 Å². The van der Waals surface area contributed by atoms with Crippen molar-refractivity contribution in [3.05, 3.63) is 35.4 Å². The molecule has 18 heavy (non-hydrogen) atoms. The van der Waals surface area contributed by atoms with E-state index in [0.29, 0.717) is 19.4 Å². The van der Waals surface area contributed by atoms with E-state index in [9.17, 15) is 4.79 Å². The van der Waals surface area contributed by atoms with Gasteiger partial charge in [0.05, 0.1) is 5.54 Å². The first-order valence-corrected chi connectivity index (χ1v) is 6.65. The fourth-order valence-corrected chi connectivity index (χ4v) is 1.95. The Morgan fingerprint density at radius 1 is 1.28 bits per heavy atom. The molecule has 100 valence electrons. The molecule has 3 heteroatoms. The lowest BCUT2D eigenvalue weighted by atomic mass is 9.93. The Morgan fingerprint density at radius 2 is 1.89 bits per heavy atom. The zero-order valence-electron chi connectivity index (χ0n) is 11.6. The van der Waals surface area contributed by atoms with Crippen LogP contribution in [-0.4, -0.2) is 18.0 Å². The van der Waals surface area contributed by atoms with Crippen LogP contribution in [0.3, 0.4) is 0 Å². The number of carbonyl (C=O) groups excluding carboxylic acids is 1. The van der Waals surface area contributed by atoms with E-state index in [1.54, 1.807) is 0 Å². The van der Waals surface area contributed by atoms with Crippen LogP contribution in [0, 0.1) is 6.92 Å². The van der Waals surface area contributed by atoms with Gasteiger partial charge in [-0.25, -0.2) is 0 Å². The van der Waals surface area contributed by atoms with Crippen molar-refractivity contribution in [1.29, 1.82) is 0 Å². The Hall–Kier alpha value is -1.35. The summed E-state index contributed by atoms with van der Waals surface area (Å²) in [6.45, 7) is 6.62. The second-order valence-corrected chi connectivity index (χ2v) is 4.80. The van der Waals surface area contributed by atoms with Crippen LogP contribution in [0.5, 0.6) is 0 Å². The molecule has 0 heterocycles. The molecule has 1 aromatic rings. The Balaban J connectivity index is 2.48. The second kappa shape index (κ2) is 6.55. The van der Waals surface area contributed by atoms with Gasteiger partial charge < -0.3 is 11.1 Å². The van der Waals surface area contributed by atoms with E-state index in [-0.39, 0.29) is 5.91 Å². The van der Waals surface area contributed by atoms with E-state index in [1.165, 1.54) is 11.1 Å². The maximum atomic E-state index is 12.0. The summed E-state index contributed by atoms with van der Waals surface area (Å²) < 4.78 is 0. The van der Waals surface area contributed by atoms with Gasteiger partial charge in [-0.05, 0) is 37.3 Å². The molecule has 0 radical (unpaired) electrons. The third kappa shape index (κ3) is 3.57. The van der Waals surface area contributed by atoms with E-state index in [1.807, 2.05) is 26.0 Å². The van der Waals surface area contributed by atoms with Crippen molar-refractivity contribution in [2.75, 3.05) is 6.54 Å². The van der Waals surface area contributed by atoms with Crippen LogP contribution < -0.4 is 11.1 Å². The van der Waals surface area contributed by atoms with Crippen LogP contribution in [0.1, 0.15) is 37.8 Å². The van der Waals surface area contributed by atoms with Gasteiger partial charge in [-0.2, -0.15) is 0 Å². The summed E-state index contributed by atoms with van der Waals surface area (Å²) in [5, 5.41) is 2.94. The van der Waals surface area contributed by atoms with Crippen molar-refractivity contribution in [3.8, 4) is 0 Å². The summed E-state index contributed by atoms with van der Waals surface area (Å²) in [5.74, 6) is -0.0407. The fraction of sp³-hybridized carbons (Fsp3) is 0.533. The molecule has 0 fully saturated rings. The third-order valence-electron chi connectivity index (χ3n) is 3.66. The molecule has 0 spiro atoms. The van der Waals surface area contributed by atoms with Gasteiger partial charge in [0, 0.05) is 6.54 Å². The van der Waals surface area contributed by atoms with Crippen LogP contribution >= 0.6 is 0 Å². The Bertz CT molecular complexity index is 397. The monoisotopic (exact) mass is 248 g/mol. The molecule has 0 aliphatic carbocycles. The maximum absolute atomic E-state index is 12.0. The number of hydrogen-bond acceptors (Lipinski definition) is 2. The summed E-state index contributed by atoms with van der Waals surface area (Å²) in [6, 6.07) is 8.23. The van der Waals surface area contributed by atoms with Gasteiger partial charge in [-0.1, -0.05) is 38.1 Å². The normalized spacial score (nSPS) is 11.3. The summed E-state index contributed by atoms with van der Waals surface area (Å²) >= 11 is 0. The van der Waals surface area contributed by atoms with Gasteiger partial charge in [0.25, 0.3) is 0 Å². The fourth-order valence-electron chi connectivity index (χ4n) is 1.95. The highest BCUT2D eigenvalue weighted by Gasteiger charge is 2.29. The summed E-state index contributed by atoms with van der Waals surface area (Å²) in [6.07, 6.45) is 2.18. The molecule has 0 saturated carbocycles. The molecule has 0 aromatic heterocycles. The van der Waals surface area contributed by atoms with Crippen LogP contribution in [0.2, 0.25) is 0 Å². The summed E-state index contributed by atoms with van der Waals surface area (Å²) in [4.78, 5) is 12.0. The maximum Gasteiger partial charge on any atom is 0.240 e. The van der Waals surface area contributed by atoms with E-state index >= 15 is 0 Å². The SMILES string of the molecule is CCC(N)(CC)C(=O)NCCc1ccccc1C. The molecule has 0 saturated heterocycles. The first-order valence-electron chi connectivity index (χ1n) is 6.65. The quantitative estimate of drug-likeness (QED) is 0.810. The molecule has 1 rings (SSSR count). The molecular formula is C15H24N2O. The molecule has 0 bridgehead atoms. The molecule has 0 aliphatic rings. The van der Waals surface area contributed by atoms with Gasteiger partial charge in [0.1, 0.15) is 0 Å². The first-order chi connectivity index (χ1) is 8.53. The third-order valence-corrected chi connectivity index (χ3v) is 3.66. The average Bonchev–Trinajstić information content (AvgIpc) is 2.39. The lowest BCUT2D eigenvalue weighted by Crippen LogP contribution is -2.53. The van der Waals surface area contributed by atoms with Gasteiger partial charge >= 0.3 is 0 Å². The number of hydrogen-bond donors (Lipinski definition) is 2. The van der Waals surface area contributed by atoms with Crippen LogP contribution in [0.15, 0.2) is 24.3 Å². The minimum Gasteiger partial charge on any atom is -0.354 e. The zero-order valence-corrected chi connectivity index (χ0v) is 11.6. The number of benzene rings is 1. The average molecular weight is 248 g/mol. The van der Waals surface area contributed by atoms with Gasteiger partial charge in [-0.3, -0.25) is 4.79 Å². The molecule has 0 aliphatic heterocycles. The molecule has 3 nitrogen and oxygen atoms in total. The predicted molar refractivity (Wildman–Crippen MR) is 75.4 cm³/mol. The number of amides is 1. The van der Waals surface area contributed by atoms with Crippen LogP contribution in [0.25, 0.3) is 0 Å². The number of carbonyl (C=O) groups is 1. The largest absolute Gasteiger partial charge is 0.354 e. The molecule has 1 aromatic carbocycles. The molecule has 0 atom stereocenters. The Morgan fingerprint density at radius 3 is 2.44 bits per heavy atom. The van der Waals surface area contributed by atoms with Crippen molar-refractivity contribution in [1.82, 2.24) is 5.32 Å². The number of rotatable bonds is 6. The van der Waals surface area contributed by atoms with E-state index in [2.05, 4.69) is 24.4 Å². The van der Waals surface area contributed by atoms with Crippen molar-refractivity contribution in [2.45, 2.75) is 45.6 Å². The van der Waals surface area contributed by atoms with Gasteiger partial charge in [-0.15, -0.1) is 0 Å². The molecule has 0 unspecified atom stereocenters. The lowest BCUT2D eigenvalue weighted by molar-refractivity contribution is -0.126. The predicted octanol–water partition coefficient (Wildman–Crippen LogP) is 2.17. The minimum absolute atomic E-state index is 0.0407. The lowest BCUT2D eigenvalue weighted by Gasteiger charge is -2.25. The molecule has 1 amide bonds. The van der Waals surface area contributed by atoms with Gasteiger partial charge in [0.15, 0.2) is 0 Å². The van der Waals surface area contributed by atoms with E-state index < -0.39 is 5.54 Å². The van der Waals surface area contributed by atoms with Crippen molar-refractivity contribution in [2.24, 2.45) is 5.73 Å². The zero-order chi connectivity index (χ0) is 13.6. The minimum atomic E-state index is -0.717. The second-order valence-electron chi connectivity index (χ2n) is 4.80. The highest BCUT2D eigenvalue weighted by atomic mass is 16.2. The topological polar surface area (TPSA) is 55.1 Å². The Labute approximate surface area is 110 Å². The highest BCUT2D eigenvalue weighted by Crippen LogP contribution is 2.11. The smallest absolute Gasteiger partial charge is 0.240 e. The summed E-state index contributed by atoms with van der Waals surface area (Å²) in [7, 11) is 0. The highest BCUT2D eigenvalue weighted by molar-refractivity contribution is 5.85. The van der Waals surface area contributed by atoms with Gasteiger partial charge in [0.2, 0.25) is 5.91 Å². The van der Waals surface area contributed by atoms with Crippen molar-refractivity contribution < 1.29 is 4.79 Å². The Kier molecular flexibility index (Phi) is 5.35. The van der Waals surface area contributed by atoms with E-state index in [0.717, 1.165) is 6.42 Å². The van der Waals surface area contributed by atoms with Crippen LogP contribution in [0.4, 0.5) is 0 Å². The summed E-state index contributed by atoms with van der Waals surface area (Å²) in [5.41, 5.74) is 7.85. The van der Waals surface area contributed by atoms with Crippen LogP contribution in [-0.2, 0) is 11.2 Å². The van der Waals surface area contributed by atoms with E-state index in [4.69, 9.17) is 5.73 Å². The molecule has 3 N–H and O–H groups in total. The number of nitrogens with two attached hydrogens (primary N) is 1. The number of aryl methyl sites for hydroxylation is 1. The number of nitrogens with one attached hydrogen (secondary N) is 1. The first kappa shape index (κ1) is 14.7. The molecular weight excluding hydrogens is 224 g/mol. The standard InChI is InChI=1S/C15H24N2O/c1-4-15(16,5-2)14(18)17-11-10-13-9-7-6-8-12(13)3/h6-9H,4-5,10-11,16H2,1-3H3,(H,17,18).